The summed E-state index contributed by atoms with van der Waals surface area (Å²) in [5, 5.41) is 10.6. The molecule has 0 aliphatic carbocycles. The normalized spacial score (nSPS) is 9.50. The lowest BCUT2D eigenvalue weighted by Crippen LogP contribution is -1.89. The number of benzene rings is 1. The Morgan fingerprint density at radius 2 is 2.25 bits per heavy atom. The second-order valence-corrected chi connectivity index (χ2v) is 2.42. The van der Waals surface area contributed by atoms with E-state index in [9.17, 15) is 10.1 Å². The molecule has 0 unspecified atom stereocenters. The zero-order valence-electron chi connectivity index (χ0n) is 5.99. The Kier molecular flexibility index (Phi) is 2.50. The van der Waals surface area contributed by atoms with Crippen molar-refractivity contribution in [2.75, 3.05) is 0 Å². The predicted molar refractivity (Wildman–Crippen MR) is 44.1 cm³/mol. The lowest BCUT2D eigenvalue weighted by atomic mass is 10.3. The molecular weight excluding hydrogens is 182 g/mol. The van der Waals surface area contributed by atoms with Gasteiger partial charge < -0.3 is 4.74 Å². The van der Waals surface area contributed by atoms with Gasteiger partial charge in [-0.1, -0.05) is 11.6 Å². The molecule has 0 N–H and O–H groups in total. The summed E-state index contributed by atoms with van der Waals surface area (Å²) >= 11 is 5.61. The van der Waals surface area contributed by atoms with Crippen molar-refractivity contribution in [1.82, 2.24) is 0 Å². The molecule has 1 aromatic rings. The van der Waals surface area contributed by atoms with Crippen molar-refractivity contribution in [3.8, 4) is 5.75 Å². The Labute approximate surface area is 73.9 Å². The fraction of sp³-hybridized carbons (Fsp3) is 0. The second kappa shape index (κ2) is 3.40. The van der Waals surface area contributed by atoms with Crippen LogP contribution in [0.2, 0.25) is 5.02 Å². The van der Waals surface area contributed by atoms with E-state index in [-0.39, 0.29) is 11.4 Å². The Morgan fingerprint density at radius 3 is 2.75 bits per heavy atom. The molecule has 12 heavy (non-hydrogen) atoms. The largest absolute Gasteiger partial charge is 0.488 e. The van der Waals surface area contributed by atoms with E-state index in [0.717, 1.165) is 0 Å². The number of rotatable bonds is 2. The molecule has 4 nitrogen and oxygen atoms in total. The van der Waals surface area contributed by atoms with Crippen LogP contribution in [0.15, 0.2) is 18.2 Å². The second-order valence-electron chi connectivity index (χ2n) is 2.02. The van der Waals surface area contributed by atoms with Gasteiger partial charge in [-0.3, -0.25) is 10.1 Å². The SMILES string of the molecule is [CH2]Oc1cc([N+](=O)[O-])ccc1Cl. The Morgan fingerprint density at radius 1 is 1.58 bits per heavy atom. The third-order valence-corrected chi connectivity index (χ3v) is 1.59. The topological polar surface area (TPSA) is 52.4 Å². The molecule has 0 saturated carbocycles. The lowest BCUT2D eigenvalue weighted by Gasteiger charge is -2.00. The van der Waals surface area contributed by atoms with Crippen LogP contribution in [0, 0.1) is 17.2 Å². The molecule has 5 heteroatoms. The fourth-order valence-electron chi connectivity index (χ4n) is 0.716. The van der Waals surface area contributed by atoms with Gasteiger partial charge in [-0.25, -0.2) is 0 Å². The molecule has 0 amide bonds. The minimum absolute atomic E-state index is 0.0712. The van der Waals surface area contributed by atoms with Crippen LogP contribution in [0.1, 0.15) is 0 Å². The first kappa shape index (κ1) is 8.80. The maximum Gasteiger partial charge on any atom is 0.273 e. The van der Waals surface area contributed by atoms with Gasteiger partial charge in [0, 0.05) is 6.07 Å². The van der Waals surface area contributed by atoms with Gasteiger partial charge in [-0.15, -0.1) is 0 Å². The summed E-state index contributed by atoms with van der Waals surface area (Å²) in [4.78, 5) is 9.74. The third-order valence-electron chi connectivity index (χ3n) is 1.28. The number of hydrogen-bond acceptors (Lipinski definition) is 3. The first-order valence-corrected chi connectivity index (χ1v) is 3.39. The van der Waals surface area contributed by atoms with E-state index in [4.69, 9.17) is 11.6 Å². The Hall–Kier alpha value is -1.29. The van der Waals surface area contributed by atoms with Gasteiger partial charge in [0.15, 0.2) is 0 Å². The summed E-state index contributed by atoms with van der Waals surface area (Å²) in [6.45, 7) is 0. The molecule has 1 rings (SSSR count). The summed E-state index contributed by atoms with van der Waals surface area (Å²) in [6.07, 6.45) is 0. The van der Waals surface area contributed by atoms with Crippen LogP contribution in [0.3, 0.4) is 0 Å². The van der Waals surface area contributed by atoms with Gasteiger partial charge >= 0.3 is 0 Å². The summed E-state index contributed by atoms with van der Waals surface area (Å²) in [7, 11) is 3.11. The third kappa shape index (κ3) is 1.65. The van der Waals surface area contributed by atoms with Gasteiger partial charge in [-0.05, 0) is 6.07 Å². The van der Waals surface area contributed by atoms with Crippen molar-refractivity contribution in [1.29, 1.82) is 0 Å². The highest BCUT2D eigenvalue weighted by atomic mass is 35.5. The summed E-state index contributed by atoms with van der Waals surface area (Å²) in [5.74, 6) is 0.200. The molecular formula is C7H5ClNO3. The van der Waals surface area contributed by atoms with E-state index in [1.807, 2.05) is 0 Å². The zero-order chi connectivity index (χ0) is 9.14. The maximum absolute atomic E-state index is 10.3. The van der Waals surface area contributed by atoms with Crippen molar-refractivity contribution in [2.24, 2.45) is 0 Å². The number of ether oxygens (including phenoxy) is 1. The quantitative estimate of drug-likeness (QED) is 0.527. The van der Waals surface area contributed by atoms with Crippen LogP contribution in [0.25, 0.3) is 0 Å². The number of hydrogen-bond donors (Lipinski definition) is 0. The van der Waals surface area contributed by atoms with Crippen molar-refractivity contribution in [3.05, 3.63) is 40.4 Å². The average Bonchev–Trinajstić information content (AvgIpc) is 2.05. The Bertz CT molecular complexity index is 314. The molecule has 0 spiro atoms. The highest BCUT2D eigenvalue weighted by Crippen LogP contribution is 2.28. The molecule has 0 atom stereocenters. The molecule has 0 fully saturated rings. The number of halogens is 1. The highest BCUT2D eigenvalue weighted by Gasteiger charge is 2.09. The Balaban J connectivity index is 3.13. The summed E-state index contributed by atoms with van der Waals surface area (Å²) < 4.78 is 4.55. The average molecular weight is 187 g/mol. The van der Waals surface area contributed by atoms with Gasteiger partial charge in [0.25, 0.3) is 5.69 Å². The van der Waals surface area contributed by atoms with E-state index in [0.29, 0.717) is 5.02 Å². The van der Waals surface area contributed by atoms with Gasteiger partial charge in [0.1, 0.15) is 12.9 Å². The van der Waals surface area contributed by atoms with Crippen LogP contribution in [-0.4, -0.2) is 4.92 Å². The minimum Gasteiger partial charge on any atom is -0.488 e. The lowest BCUT2D eigenvalue weighted by molar-refractivity contribution is -0.384. The number of non-ortho nitro benzene ring substituents is 1. The monoisotopic (exact) mass is 186 g/mol. The molecule has 1 radical (unpaired) electrons. The van der Waals surface area contributed by atoms with E-state index in [1.165, 1.54) is 18.2 Å². The van der Waals surface area contributed by atoms with E-state index < -0.39 is 4.92 Å². The van der Waals surface area contributed by atoms with E-state index >= 15 is 0 Å². The van der Waals surface area contributed by atoms with E-state index in [1.54, 1.807) is 0 Å². The van der Waals surface area contributed by atoms with Crippen LogP contribution in [0.4, 0.5) is 5.69 Å². The number of nitrogens with zero attached hydrogens (tertiary/aromatic N) is 1. The molecule has 0 aromatic heterocycles. The summed E-state index contributed by atoms with van der Waals surface area (Å²) in [5.41, 5.74) is -0.0712. The zero-order valence-corrected chi connectivity index (χ0v) is 6.75. The first-order chi connectivity index (χ1) is 5.65. The van der Waals surface area contributed by atoms with Crippen molar-refractivity contribution >= 4 is 17.3 Å². The molecule has 1 aromatic carbocycles. The molecule has 0 aliphatic heterocycles. The molecule has 0 heterocycles. The standard InChI is InChI=1S/C7H5ClNO3/c1-12-7-4-5(9(10)11)2-3-6(7)8/h2-4H,1H2. The van der Waals surface area contributed by atoms with Crippen LogP contribution < -0.4 is 4.74 Å². The molecule has 63 valence electrons. The molecule has 0 saturated heterocycles. The number of nitro groups is 1. The summed E-state index contributed by atoms with van der Waals surface area (Å²) in [6, 6.07) is 3.90. The van der Waals surface area contributed by atoms with E-state index in [2.05, 4.69) is 11.8 Å². The van der Waals surface area contributed by atoms with Crippen molar-refractivity contribution in [2.45, 2.75) is 0 Å². The fourth-order valence-corrected chi connectivity index (χ4v) is 0.888. The molecule has 0 bridgehead atoms. The van der Waals surface area contributed by atoms with Crippen LogP contribution >= 0.6 is 11.6 Å². The smallest absolute Gasteiger partial charge is 0.273 e. The number of nitro benzene ring substituents is 1. The van der Waals surface area contributed by atoms with Gasteiger partial charge in [0.05, 0.1) is 16.0 Å². The van der Waals surface area contributed by atoms with Crippen molar-refractivity contribution in [3.63, 3.8) is 0 Å². The van der Waals surface area contributed by atoms with Crippen molar-refractivity contribution < 1.29 is 9.66 Å². The maximum atomic E-state index is 10.3. The van der Waals surface area contributed by atoms with Gasteiger partial charge in [-0.2, -0.15) is 0 Å². The molecule has 0 aliphatic rings. The van der Waals surface area contributed by atoms with Gasteiger partial charge in [0.2, 0.25) is 0 Å². The predicted octanol–water partition coefficient (Wildman–Crippen LogP) is 2.42. The van der Waals surface area contributed by atoms with Crippen LogP contribution in [0.5, 0.6) is 5.75 Å². The first-order valence-electron chi connectivity index (χ1n) is 3.01. The highest BCUT2D eigenvalue weighted by molar-refractivity contribution is 6.32. The minimum atomic E-state index is -0.529. The van der Waals surface area contributed by atoms with Crippen LogP contribution in [-0.2, 0) is 0 Å².